The van der Waals surface area contributed by atoms with Gasteiger partial charge in [0.15, 0.2) is 5.69 Å². The van der Waals surface area contributed by atoms with Gasteiger partial charge >= 0.3 is 0 Å². The lowest BCUT2D eigenvalue weighted by Crippen LogP contribution is -2.32. The molecule has 2 aromatic rings. The Balaban J connectivity index is 1.61. The molecule has 0 aliphatic heterocycles. The molecule has 1 aliphatic carbocycles. The molecule has 6 heteroatoms. The number of anilines is 1. The van der Waals surface area contributed by atoms with Gasteiger partial charge in [0.1, 0.15) is 5.82 Å². The molecule has 2 amide bonds. The molecule has 2 N–H and O–H groups in total. The molecule has 0 radical (unpaired) electrons. The molecule has 1 aliphatic rings. The number of nitrogens with zero attached hydrogens (tertiary/aromatic N) is 2. The summed E-state index contributed by atoms with van der Waals surface area (Å²) in [5.74, 6) is 0.209. The number of aryl methyl sites for hydroxylation is 1. The van der Waals surface area contributed by atoms with Gasteiger partial charge in [0, 0.05) is 19.2 Å². The summed E-state index contributed by atoms with van der Waals surface area (Å²) in [5.41, 5.74) is 1.27. The van der Waals surface area contributed by atoms with E-state index in [1.54, 1.807) is 13.1 Å². The molecule has 0 spiro atoms. The third kappa shape index (κ3) is 4.01. The molecule has 3 rings (SSSR count). The molecule has 0 saturated heterocycles. The van der Waals surface area contributed by atoms with Gasteiger partial charge in [0.05, 0.1) is 6.42 Å². The van der Waals surface area contributed by atoms with Crippen molar-refractivity contribution in [3.8, 4) is 0 Å². The lowest BCUT2D eigenvalue weighted by Gasteiger charge is -2.09. The lowest BCUT2D eigenvalue weighted by molar-refractivity contribution is -0.115. The molecule has 1 aromatic carbocycles. The van der Waals surface area contributed by atoms with E-state index in [0.29, 0.717) is 11.5 Å². The fourth-order valence-electron chi connectivity index (χ4n) is 2.99. The SMILES string of the molecule is Cn1nc(C(=O)NC2CCCC2)cc1NC(=O)Cc1ccccc1. The Kier molecular flexibility index (Phi) is 4.93. The van der Waals surface area contributed by atoms with Gasteiger partial charge in [0.25, 0.3) is 5.91 Å². The van der Waals surface area contributed by atoms with E-state index < -0.39 is 0 Å². The fourth-order valence-corrected chi connectivity index (χ4v) is 2.99. The highest BCUT2D eigenvalue weighted by Gasteiger charge is 2.20. The maximum absolute atomic E-state index is 12.2. The molecule has 1 heterocycles. The van der Waals surface area contributed by atoms with E-state index >= 15 is 0 Å². The van der Waals surface area contributed by atoms with Crippen LogP contribution in [-0.4, -0.2) is 27.6 Å². The molecule has 0 unspecified atom stereocenters. The van der Waals surface area contributed by atoms with Crippen molar-refractivity contribution in [2.24, 2.45) is 7.05 Å². The standard InChI is InChI=1S/C18H22N4O2/c1-22-16(20-17(23)11-13-7-3-2-4-8-13)12-15(21-22)18(24)19-14-9-5-6-10-14/h2-4,7-8,12,14H,5-6,9-11H2,1H3,(H,19,24)(H,20,23). The minimum absolute atomic E-state index is 0.132. The minimum Gasteiger partial charge on any atom is -0.348 e. The Morgan fingerprint density at radius 3 is 2.62 bits per heavy atom. The van der Waals surface area contributed by atoms with Crippen molar-refractivity contribution in [2.75, 3.05) is 5.32 Å². The van der Waals surface area contributed by atoms with E-state index in [1.165, 1.54) is 4.68 Å². The zero-order valence-electron chi connectivity index (χ0n) is 13.8. The van der Waals surface area contributed by atoms with Crippen LogP contribution in [0.4, 0.5) is 5.82 Å². The molecule has 6 nitrogen and oxygen atoms in total. The number of carbonyl (C=O) groups is 2. The van der Waals surface area contributed by atoms with Gasteiger partial charge in [-0.05, 0) is 18.4 Å². The second-order valence-electron chi connectivity index (χ2n) is 6.20. The van der Waals surface area contributed by atoms with Crippen LogP contribution in [0, 0.1) is 0 Å². The first-order chi connectivity index (χ1) is 11.6. The highest BCUT2D eigenvalue weighted by atomic mass is 16.2. The topological polar surface area (TPSA) is 76.0 Å². The molecular weight excluding hydrogens is 304 g/mol. The summed E-state index contributed by atoms with van der Waals surface area (Å²) in [4.78, 5) is 24.4. The smallest absolute Gasteiger partial charge is 0.272 e. The van der Waals surface area contributed by atoms with Crippen molar-refractivity contribution in [3.05, 3.63) is 47.7 Å². The van der Waals surface area contributed by atoms with Crippen LogP contribution >= 0.6 is 0 Å². The Hall–Kier alpha value is -2.63. The fraction of sp³-hybridized carbons (Fsp3) is 0.389. The minimum atomic E-state index is -0.180. The van der Waals surface area contributed by atoms with Crippen molar-refractivity contribution in [1.29, 1.82) is 0 Å². The van der Waals surface area contributed by atoms with Gasteiger partial charge in [0.2, 0.25) is 5.91 Å². The third-order valence-electron chi connectivity index (χ3n) is 4.28. The highest BCUT2D eigenvalue weighted by molar-refractivity contribution is 5.96. The molecular formula is C18H22N4O2. The average molecular weight is 326 g/mol. The predicted octanol–water partition coefficient (Wildman–Crippen LogP) is 2.27. The van der Waals surface area contributed by atoms with Gasteiger partial charge in [-0.2, -0.15) is 5.10 Å². The van der Waals surface area contributed by atoms with Crippen LogP contribution in [0.1, 0.15) is 41.7 Å². The van der Waals surface area contributed by atoms with E-state index in [-0.39, 0.29) is 24.3 Å². The van der Waals surface area contributed by atoms with Crippen LogP contribution in [0.15, 0.2) is 36.4 Å². The molecule has 0 bridgehead atoms. The quantitative estimate of drug-likeness (QED) is 0.885. The Labute approximate surface area is 141 Å². The monoisotopic (exact) mass is 326 g/mol. The number of carbonyl (C=O) groups excluding carboxylic acids is 2. The number of benzene rings is 1. The van der Waals surface area contributed by atoms with E-state index in [1.807, 2.05) is 30.3 Å². The Morgan fingerprint density at radius 2 is 1.92 bits per heavy atom. The average Bonchev–Trinajstić information content (AvgIpc) is 3.19. The molecule has 1 saturated carbocycles. The van der Waals surface area contributed by atoms with Crippen molar-refractivity contribution in [2.45, 2.75) is 38.1 Å². The van der Waals surface area contributed by atoms with Gasteiger partial charge in [-0.1, -0.05) is 43.2 Å². The summed E-state index contributed by atoms with van der Waals surface area (Å²) < 4.78 is 1.52. The summed E-state index contributed by atoms with van der Waals surface area (Å²) >= 11 is 0. The predicted molar refractivity (Wildman–Crippen MR) is 91.7 cm³/mol. The van der Waals surface area contributed by atoms with Crippen molar-refractivity contribution in [1.82, 2.24) is 15.1 Å². The molecule has 1 fully saturated rings. The second kappa shape index (κ2) is 7.29. The zero-order valence-corrected chi connectivity index (χ0v) is 13.8. The van der Waals surface area contributed by atoms with Crippen LogP contribution < -0.4 is 10.6 Å². The zero-order chi connectivity index (χ0) is 16.9. The van der Waals surface area contributed by atoms with Gasteiger partial charge < -0.3 is 10.6 Å². The van der Waals surface area contributed by atoms with Gasteiger partial charge in [-0.25, -0.2) is 0 Å². The summed E-state index contributed by atoms with van der Waals surface area (Å²) in [7, 11) is 1.71. The first kappa shape index (κ1) is 16.2. The molecule has 0 atom stereocenters. The van der Waals surface area contributed by atoms with Crippen LogP contribution in [0.25, 0.3) is 0 Å². The number of rotatable bonds is 5. The maximum Gasteiger partial charge on any atom is 0.272 e. The largest absolute Gasteiger partial charge is 0.348 e. The van der Waals surface area contributed by atoms with Crippen molar-refractivity contribution < 1.29 is 9.59 Å². The van der Waals surface area contributed by atoms with Crippen molar-refractivity contribution in [3.63, 3.8) is 0 Å². The van der Waals surface area contributed by atoms with Gasteiger partial charge in [-0.15, -0.1) is 0 Å². The summed E-state index contributed by atoms with van der Waals surface area (Å²) in [6, 6.07) is 11.4. The molecule has 1 aromatic heterocycles. The summed E-state index contributed by atoms with van der Waals surface area (Å²) in [6.45, 7) is 0. The second-order valence-corrected chi connectivity index (χ2v) is 6.20. The number of hydrogen-bond acceptors (Lipinski definition) is 3. The van der Waals surface area contributed by atoms with E-state index in [9.17, 15) is 9.59 Å². The first-order valence-corrected chi connectivity index (χ1v) is 8.30. The first-order valence-electron chi connectivity index (χ1n) is 8.30. The summed E-state index contributed by atoms with van der Waals surface area (Å²) in [5, 5.41) is 10.0. The number of nitrogens with one attached hydrogen (secondary N) is 2. The van der Waals surface area contributed by atoms with E-state index in [4.69, 9.17) is 0 Å². The maximum atomic E-state index is 12.2. The van der Waals surface area contributed by atoms with Crippen LogP contribution in [0.2, 0.25) is 0 Å². The Bertz CT molecular complexity index is 718. The normalized spacial score (nSPS) is 14.5. The van der Waals surface area contributed by atoms with Crippen LogP contribution in [0.5, 0.6) is 0 Å². The van der Waals surface area contributed by atoms with E-state index in [0.717, 1.165) is 31.2 Å². The third-order valence-corrected chi connectivity index (χ3v) is 4.28. The molecule has 126 valence electrons. The number of aromatic nitrogens is 2. The number of hydrogen-bond donors (Lipinski definition) is 2. The number of amides is 2. The summed E-state index contributed by atoms with van der Waals surface area (Å²) in [6.07, 6.45) is 4.66. The van der Waals surface area contributed by atoms with Crippen molar-refractivity contribution >= 4 is 17.6 Å². The lowest BCUT2D eigenvalue weighted by atomic mass is 10.1. The molecule has 24 heavy (non-hydrogen) atoms. The van der Waals surface area contributed by atoms with E-state index in [2.05, 4.69) is 15.7 Å². The highest BCUT2D eigenvalue weighted by Crippen LogP contribution is 2.18. The Morgan fingerprint density at radius 1 is 1.21 bits per heavy atom. The van der Waals surface area contributed by atoms with Gasteiger partial charge in [-0.3, -0.25) is 14.3 Å². The van der Waals surface area contributed by atoms with Crippen LogP contribution in [0.3, 0.4) is 0 Å². The van der Waals surface area contributed by atoms with Crippen LogP contribution in [-0.2, 0) is 18.3 Å².